The molecule has 2 aliphatic heterocycles. The van der Waals surface area contributed by atoms with E-state index in [0.29, 0.717) is 19.5 Å². The Morgan fingerprint density at radius 3 is 2.09 bits per heavy atom. The van der Waals surface area contributed by atoms with Crippen LogP contribution in [0.25, 0.3) is 0 Å². The Labute approximate surface area is 200 Å². The van der Waals surface area contributed by atoms with Gasteiger partial charge in [-0.2, -0.15) is 0 Å². The molecule has 34 heavy (non-hydrogen) atoms. The van der Waals surface area contributed by atoms with Crippen LogP contribution in [0.15, 0.2) is 48.5 Å². The van der Waals surface area contributed by atoms with Gasteiger partial charge >= 0.3 is 6.03 Å². The summed E-state index contributed by atoms with van der Waals surface area (Å²) in [6.07, 6.45) is 0.298. The number of carbonyl (C=O) groups is 2. The quantitative estimate of drug-likeness (QED) is 0.617. The number of carbonyl (C=O) groups excluding carboxylic acids is 2. The zero-order valence-electron chi connectivity index (χ0n) is 19.8. The fourth-order valence-corrected chi connectivity index (χ4v) is 4.40. The van der Waals surface area contributed by atoms with Crippen molar-refractivity contribution >= 4 is 23.3 Å². The molecule has 2 aromatic carbocycles. The van der Waals surface area contributed by atoms with Gasteiger partial charge in [-0.1, -0.05) is 0 Å². The van der Waals surface area contributed by atoms with Crippen LogP contribution in [0, 0.1) is 0 Å². The number of hydrogen-bond acceptors (Lipinski definition) is 6. The summed E-state index contributed by atoms with van der Waals surface area (Å²) in [5.74, 6) is 1.61. The van der Waals surface area contributed by atoms with Gasteiger partial charge in [-0.25, -0.2) is 4.79 Å². The second-order valence-corrected chi connectivity index (χ2v) is 8.53. The molecule has 2 aromatic rings. The van der Waals surface area contributed by atoms with E-state index in [9.17, 15) is 9.59 Å². The Kier molecular flexibility index (Phi) is 7.74. The van der Waals surface area contributed by atoms with Gasteiger partial charge in [0.2, 0.25) is 5.91 Å². The predicted molar refractivity (Wildman–Crippen MR) is 132 cm³/mol. The molecule has 2 heterocycles. The largest absolute Gasteiger partial charge is 0.497 e. The monoisotopic (exact) mass is 467 g/mol. The zero-order valence-corrected chi connectivity index (χ0v) is 19.8. The molecule has 4 rings (SSSR count). The molecule has 0 saturated carbocycles. The molecule has 9 nitrogen and oxygen atoms in total. The average molecular weight is 468 g/mol. The highest BCUT2D eigenvalue weighted by atomic mass is 16.5. The first-order valence-electron chi connectivity index (χ1n) is 11.7. The number of amides is 3. The van der Waals surface area contributed by atoms with Gasteiger partial charge in [0, 0.05) is 63.6 Å². The number of piperazine rings is 1. The van der Waals surface area contributed by atoms with Crippen LogP contribution in [-0.4, -0.2) is 82.9 Å². The molecule has 9 heteroatoms. The summed E-state index contributed by atoms with van der Waals surface area (Å²) in [4.78, 5) is 31.2. The zero-order chi connectivity index (χ0) is 23.9. The lowest BCUT2D eigenvalue weighted by Gasteiger charge is -2.36. The summed E-state index contributed by atoms with van der Waals surface area (Å²) in [6, 6.07) is 15.1. The van der Waals surface area contributed by atoms with Crippen molar-refractivity contribution < 1.29 is 19.1 Å². The number of methoxy groups -OCH3 is 2. The average Bonchev–Trinajstić information content (AvgIpc) is 3.24. The third kappa shape index (κ3) is 5.91. The second kappa shape index (κ2) is 11.1. The van der Waals surface area contributed by atoms with E-state index in [-0.39, 0.29) is 18.0 Å². The molecule has 0 radical (unpaired) electrons. The maximum Gasteiger partial charge on any atom is 0.315 e. The van der Waals surface area contributed by atoms with Gasteiger partial charge in [0.05, 0.1) is 20.3 Å². The Bertz CT molecular complexity index is 958. The lowest BCUT2D eigenvalue weighted by atomic mass is 10.2. The Morgan fingerprint density at radius 2 is 1.50 bits per heavy atom. The summed E-state index contributed by atoms with van der Waals surface area (Å²) in [6.45, 7) is 5.62. The molecular weight excluding hydrogens is 434 g/mol. The minimum Gasteiger partial charge on any atom is -0.497 e. The van der Waals surface area contributed by atoms with Gasteiger partial charge in [0.25, 0.3) is 0 Å². The highest BCUT2D eigenvalue weighted by Gasteiger charge is 2.31. The highest BCUT2D eigenvalue weighted by molar-refractivity contribution is 5.96. The van der Waals surface area contributed by atoms with Gasteiger partial charge < -0.3 is 29.9 Å². The van der Waals surface area contributed by atoms with Crippen LogP contribution in [0.4, 0.5) is 16.2 Å². The molecule has 0 aliphatic carbocycles. The molecular formula is C25H33N5O4. The SMILES string of the molecule is COc1ccc(N2CCN(CCNC(=O)NC3CC(=O)N(c4ccc(OC)cc4)C3)CC2)cc1. The molecule has 0 spiro atoms. The topological polar surface area (TPSA) is 86.4 Å². The maximum absolute atomic E-state index is 12.4. The molecule has 2 saturated heterocycles. The standard InChI is InChI=1S/C25H33N5O4/c1-33-22-7-3-20(4-8-22)29-15-13-28(14-16-29)12-11-26-25(32)27-19-17-24(31)30(18-19)21-5-9-23(34-2)10-6-21/h3-10,19H,11-18H2,1-2H3,(H2,26,27,32). The van der Waals surface area contributed by atoms with Crippen molar-refractivity contribution in [3.63, 3.8) is 0 Å². The van der Waals surface area contributed by atoms with E-state index in [0.717, 1.165) is 49.9 Å². The maximum atomic E-state index is 12.4. The molecule has 2 fully saturated rings. The van der Waals surface area contributed by atoms with Crippen molar-refractivity contribution in [2.24, 2.45) is 0 Å². The predicted octanol–water partition coefficient (Wildman–Crippen LogP) is 1.93. The van der Waals surface area contributed by atoms with Crippen molar-refractivity contribution in [1.29, 1.82) is 0 Å². The van der Waals surface area contributed by atoms with Crippen molar-refractivity contribution in [3.8, 4) is 11.5 Å². The number of ether oxygens (including phenoxy) is 2. The summed E-state index contributed by atoms with van der Waals surface area (Å²) in [5, 5.41) is 5.86. The highest BCUT2D eigenvalue weighted by Crippen LogP contribution is 2.24. The smallest absolute Gasteiger partial charge is 0.315 e. The lowest BCUT2D eigenvalue weighted by Crippen LogP contribution is -2.50. The number of nitrogens with one attached hydrogen (secondary N) is 2. The van der Waals surface area contributed by atoms with Crippen LogP contribution >= 0.6 is 0 Å². The molecule has 0 bridgehead atoms. The van der Waals surface area contributed by atoms with E-state index in [4.69, 9.17) is 9.47 Å². The molecule has 182 valence electrons. The van der Waals surface area contributed by atoms with E-state index in [1.54, 1.807) is 19.1 Å². The second-order valence-electron chi connectivity index (χ2n) is 8.53. The number of anilines is 2. The van der Waals surface area contributed by atoms with Crippen LogP contribution in [0.2, 0.25) is 0 Å². The first-order valence-corrected chi connectivity index (χ1v) is 11.7. The van der Waals surface area contributed by atoms with Crippen LogP contribution < -0.4 is 29.9 Å². The van der Waals surface area contributed by atoms with Crippen LogP contribution in [-0.2, 0) is 4.79 Å². The first kappa shape index (κ1) is 23.7. The molecule has 1 unspecified atom stereocenters. The summed E-state index contributed by atoms with van der Waals surface area (Å²) in [7, 11) is 3.28. The Balaban J connectivity index is 1.15. The number of benzene rings is 2. The van der Waals surface area contributed by atoms with Gasteiger partial charge in [-0.3, -0.25) is 9.69 Å². The van der Waals surface area contributed by atoms with E-state index in [1.165, 1.54) is 5.69 Å². The van der Waals surface area contributed by atoms with Gasteiger partial charge in [-0.15, -0.1) is 0 Å². The van der Waals surface area contributed by atoms with Crippen LogP contribution in [0.5, 0.6) is 11.5 Å². The number of hydrogen-bond donors (Lipinski definition) is 2. The molecule has 2 aliphatic rings. The first-order chi connectivity index (χ1) is 16.6. The number of urea groups is 1. The number of nitrogens with zero attached hydrogens (tertiary/aromatic N) is 3. The van der Waals surface area contributed by atoms with E-state index in [1.807, 2.05) is 36.4 Å². The summed E-state index contributed by atoms with van der Waals surface area (Å²) < 4.78 is 10.4. The minimum atomic E-state index is -0.230. The molecule has 0 aromatic heterocycles. The van der Waals surface area contributed by atoms with Crippen molar-refractivity contribution in [1.82, 2.24) is 15.5 Å². The van der Waals surface area contributed by atoms with Gasteiger partial charge in [0.1, 0.15) is 11.5 Å². The van der Waals surface area contributed by atoms with Crippen LogP contribution in [0.1, 0.15) is 6.42 Å². The Morgan fingerprint density at radius 1 is 0.912 bits per heavy atom. The fourth-order valence-electron chi connectivity index (χ4n) is 4.40. The van der Waals surface area contributed by atoms with Gasteiger partial charge in [0.15, 0.2) is 0 Å². The molecule has 3 amide bonds. The number of rotatable bonds is 8. The van der Waals surface area contributed by atoms with Gasteiger partial charge in [-0.05, 0) is 48.5 Å². The van der Waals surface area contributed by atoms with E-state index in [2.05, 4.69) is 32.6 Å². The molecule has 2 N–H and O–H groups in total. The fraction of sp³-hybridized carbons (Fsp3) is 0.440. The summed E-state index contributed by atoms with van der Waals surface area (Å²) in [5.41, 5.74) is 2.01. The lowest BCUT2D eigenvalue weighted by molar-refractivity contribution is -0.117. The van der Waals surface area contributed by atoms with Crippen molar-refractivity contribution in [2.45, 2.75) is 12.5 Å². The normalized spacial score (nSPS) is 18.6. The summed E-state index contributed by atoms with van der Waals surface area (Å²) >= 11 is 0. The minimum absolute atomic E-state index is 0.00481. The molecule has 1 atom stereocenters. The van der Waals surface area contributed by atoms with Crippen molar-refractivity contribution in [2.75, 3.05) is 69.8 Å². The third-order valence-corrected chi connectivity index (χ3v) is 6.37. The van der Waals surface area contributed by atoms with Crippen molar-refractivity contribution in [3.05, 3.63) is 48.5 Å². The van der Waals surface area contributed by atoms with E-state index >= 15 is 0 Å². The Hall–Kier alpha value is -3.46. The van der Waals surface area contributed by atoms with E-state index < -0.39 is 0 Å². The third-order valence-electron chi connectivity index (χ3n) is 6.37. The van der Waals surface area contributed by atoms with Crippen LogP contribution in [0.3, 0.4) is 0 Å².